The molecule has 1 aromatic heterocycles. The van der Waals surface area contributed by atoms with E-state index in [1.54, 1.807) is 18.3 Å². The lowest BCUT2D eigenvalue weighted by molar-refractivity contribution is 0.0999. The number of benzene rings is 1. The molecule has 19 heavy (non-hydrogen) atoms. The molecule has 3 rings (SSSR count). The highest BCUT2D eigenvalue weighted by atomic mass is 16.5. The van der Waals surface area contributed by atoms with Crippen LogP contribution < -0.4 is 10.5 Å². The van der Waals surface area contributed by atoms with Gasteiger partial charge in [-0.25, -0.2) is 0 Å². The number of hydrogen-bond acceptors (Lipinski definition) is 3. The molecule has 1 aromatic carbocycles. The van der Waals surface area contributed by atoms with Crippen LogP contribution in [0.3, 0.4) is 0 Å². The summed E-state index contributed by atoms with van der Waals surface area (Å²) in [6.45, 7) is 0.459. The van der Waals surface area contributed by atoms with Gasteiger partial charge in [-0.05, 0) is 24.3 Å². The zero-order valence-electron chi connectivity index (χ0n) is 10.2. The first kappa shape index (κ1) is 11.5. The number of nitrogens with two attached hydrogens (primary N) is 1. The number of amides is 1. The summed E-state index contributed by atoms with van der Waals surface area (Å²) >= 11 is 0. The molecule has 0 saturated carbocycles. The zero-order valence-corrected chi connectivity index (χ0v) is 10.2. The first-order valence-electron chi connectivity index (χ1n) is 5.95. The Balaban J connectivity index is 2.18. The number of pyridine rings is 1. The Bertz CT molecular complexity index is 677. The monoisotopic (exact) mass is 252 g/mol. The van der Waals surface area contributed by atoms with E-state index < -0.39 is 5.91 Å². The van der Waals surface area contributed by atoms with Crippen LogP contribution in [0.15, 0.2) is 48.7 Å². The number of carbonyl (C=O) groups is 1. The van der Waals surface area contributed by atoms with Crippen LogP contribution in [-0.4, -0.2) is 17.5 Å². The third-order valence-corrected chi connectivity index (χ3v) is 3.03. The van der Waals surface area contributed by atoms with E-state index in [-0.39, 0.29) is 0 Å². The Hall–Kier alpha value is -2.62. The Kier molecular flexibility index (Phi) is 2.76. The van der Waals surface area contributed by atoms with Gasteiger partial charge in [0.2, 0.25) is 0 Å². The van der Waals surface area contributed by atoms with Crippen LogP contribution in [-0.2, 0) is 0 Å². The van der Waals surface area contributed by atoms with Crippen LogP contribution in [0.5, 0.6) is 5.75 Å². The maximum Gasteiger partial charge on any atom is 0.250 e. The molecule has 94 valence electrons. The van der Waals surface area contributed by atoms with Crippen molar-refractivity contribution in [2.75, 3.05) is 6.61 Å². The molecule has 0 bridgehead atoms. The summed E-state index contributed by atoms with van der Waals surface area (Å²) in [4.78, 5) is 15.8. The molecule has 1 aliphatic rings. The van der Waals surface area contributed by atoms with Crippen molar-refractivity contribution in [1.82, 2.24) is 4.98 Å². The highest BCUT2D eigenvalue weighted by molar-refractivity contribution is 5.99. The quantitative estimate of drug-likeness (QED) is 0.889. The van der Waals surface area contributed by atoms with Gasteiger partial charge in [-0.1, -0.05) is 18.2 Å². The molecule has 4 nitrogen and oxygen atoms in total. The van der Waals surface area contributed by atoms with Gasteiger partial charge in [-0.2, -0.15) is 0 Å². The van der Waals surface area contributed by atoms with Gasteiger partial charge < -0.3 is 10.5 Å². The van der Waals surface area contributed by atoms with Crippen molar-refractivity contribution in [1.29, 1.82) is 0 Å². The lowest BCUT2D eigenvalue weighted by Gasteiger charge is -2.19. The molecule has 0 radical (unpaired) electrons. The number of para-hydroxylation sites is 1. The topological polar surface area (TPSA) is 65.2 Å². The maximum absolute atomic E-state index is 11.5. The van der Waals surface area contributed by atoms with E-state index in [1.165, 1.54) is 0 Å². The van der Waals surface area contributed by atoms with Gasteiger partial charge in [-0.3, -0.25) is 9.78 Å². The van der Waals surface area contributed by atoms with Crippen LogP contribution in [0, 0.1) is 0 Å². The SMILES string of the molecule is NC(=O)c1cccnc1C1=CCOc2ccccc21. The van der Waals surface area contributed by atoms with Crippen molar-refractivity contribution in [2.45, 2.75) is 0 Å². The predicted molar refractivity (Wildman–Crippen MR) is 71.8 cm³/mol. The lowest BCUT2D eigenvalue weighted by atomic mass is 9.96. The minimum Gasteiger partial charge on any atom is -0.489 e. The van der Waals surface area contributed by atoms with E-state index in [0.717, 1.165) is 16.9 Å². The van der Waals surface area contributed by atoms with Gasteiger partial charge in [-0.15, -0.1) is 0 Å². The second kappa shape index (κ2) is 4.57. The highest BCUT2D eigenvalue weighted by Gasteiger charge is 2.19. The minimum absolute atomic E-state index is 0.422. The number of hydrogen-bond donors (Lipinski definition) is 1. The van der Waals surface area contributed by atoms with E-state index in [4.69, 9.17) is 10.5 Å². The van der Waals surface area contributed by atoms with Gasteiger partial charge in [0.1, 0.15) is 12.4 Å². The number of rotatable bonds is 2. The number of aromatic nitrogens is 1. The van der Waals surface area contributed by atoms with Crippen LogP contribution in [0.25, 0.3) is 5.57 Å². The number of carbonyl (C=O) groups excluding carboxylic acids is 1. The molecule has 0 fully saturated rings. The fourth-order valence-electron chi connectivity index (χ4n) is 2.18. The van der Waals surface area contributed by atoms with Crippen molar-refractivity contribution in [2.24, 2.45) is 5.73 Å². The molecule has 0 unspecified atom stereocenters. The smallest absolute Gasteiger partial charge is 0.250 e. The van der Waals surface area contributed by atoms with Crippen molar-refractivity contribution < 1.29 is 9.53 Å². The molecule has 1 amide bonds. The summed E-state index contributed by atoms with van der Waals surface area (Å²) in [6.07, 6.45) is 3.57. The minimum atomic E-state index is -0.479. The molecule has 0 spiro atoms. The Labute approximate surface area is 110 Å². The number of nitrogens with zero attached hydrogens (tertiary/aromatic N) is 1. The van der Waals surface area contributed by atoms with Crippen LogP contribution in [0.2, 0.25) is 0 Å². The Morgan fingerprint density at radius 1 is 1.21 bits per heavy atom. The third-order valence-electron chi connectivity index (χ3n) is 3.03. The summed E-state index contributed by atoms with van der Waals surface area (Å²) in [7, 11) is 0. The third kappa shape index (κ3) is 1.97. The standard InChI is InChI=1S/C15H12N2O2/c16-15(18)12-5-3-8-17-14(12)11-7-9-19-13-6-2-1-4-10(11)13/h1-8H,9H2,(H2,16,18). The van der Waals surface area contributed by atoms with Crippen LogP contribution >= 0.6 is 0 Å². The largest absolute Gasteiger partial charge is 0.489 e. The van der Waals surface area contributed by atoms with Crippen molar-refractivity contribution in [3.05, 3.63) is 65.5 Å². The Morgan fingerprint density at radius 3 is 2.89 bits per heavy atom. The van der Waals surface area contributed by atoms with E-state index >= 15 is 0 Å². The fourth-order valence-corrected chi connectivity index (χ4v) is 2.18. The van der Waals surface area contributed by atoms with Gasteiger partial charge in [0.25, 0.3) is 5.91 Å². The van der Waals surface area contributed by atoms with Crippen LogP contribution in [0.1, 0.15) is 21.6 Å². The maximum atomic E-state index is 11.5. The molecule has 4 heteroatoms. The molecule has 0 saturated heterocycles. The normalized spacial score (nSPS) is 13.2. The highest BCUT2D eigenvalue weighted by Crippen LogP contribution is 2.34. The average Bonchev–Trinajstić information content (AvgIpc) is 2.46. The molecule has 1 aliphatic heterocycles. The van der Waals surface area contributed by atoms with Gasteiger partial charge in [0, 0.05) is 17.3 Å². The first-order chi connectivity index (χ1) is 9.27. The molecule has 2 N–H and O–H groups in total. The van der Waals surface area contributed by atoms with Crippen LogP contribution in [0.4, 0.5) is 0 Å². The first-order valence-corrected chi connectivity index (χ1v) is 5.95. The van der Waals surface area contributed by atoms with E-state index in [2.05, 4.69) is 4.98 Å². The van der Waals surface area contributed by atoms with E-state index in [0.29, 0.717) is 17.9 Å². The van der Waals surface area contributed by atoms with Gasteiger partial charge in [0.05, 0.1) is 11.3 Å². The lowest BCUT2D eigenvalue weighted by Crippen LogP contribution is -2.16. The van der Waals surface area contributed by atoms with Crippen molar-refractivity contribution in [3.8, 4) is 5.75 Å². The Morgan fingerprint density at radius 2 is 2.05 bits per heavy atom. The summed E-state index contributed by atoms with van der Waals surface area (Å²) in [5.41, 5.74) is 8.24. The van der Waals surface area contributed by atoms with Crippen molar-refractivity contribution >= 4 is 11.5 Å². The predicted octanol–water partition coefficient (Wildman–Crippen LogP) is 2.00. The number of primary amides is 1. The molecule has 0 aliphatic carbocycles. The van der Waals surface area contributed by atoms with Gasteiger partial charge >= 0.3 is 0 Å². The molecule has 0 atom stereocenters. The summed E-state index contributed by atoms with van der Waals surface area (Å²) < 4.78 is 5.56. The zero-order chi connectivity index (χ0) is 13.2. The van der Waals surface area contributed by atoms with Crippen molar-refractivity contribution in [3.63, 3.8) is 0 Å². The summed E-state index contributed by atoms with van der Waals surface area (Å²) in [5, 5.41) is 0. The molecular weight excluding hydrogens is 240 g/mol. The number of ether oxygens (including phenoxy) is 1. The fraction of sp³-hybridized carbons (Fsp3) is 0.0667. The van der Waals surface area contributed by atoms with E-state index in [1.807, 2.05) is 30.3 Å². The summed E-state index contributed by atoms with van der Waals surface area (Å²) in [5.74, 6) is 0.314. The number of fused-ring (bicyclic) bond motifs is 1. The second-order valence-corrected chi connectivity index (χ2v) is 4.19. The molecule has 2 heterocycles. The summed E-state index contributed by atoms with van der Waals surface area (Å²) in [6, 6.07) is 11.1. The van der Waals surface area contributed by atoms with Gasteiger partial charge in [0.15, 0.2) is 0 Å². The second-order valence-electron chi connectivity index (χ2n) is 4.19. The van der Waals surface area contributed by atoms with E-state index in [9.17, 15) is 4.79 Å². The molecule has 2 aromatic rings. The average molecular weight is 252 g/mol. The molecular formula is C15H12N2O2.